The highest BCUT2D eigenvalue weighted by Gasteiger charge is 2.47. The number of rotatable bonds is 3. The van der Waals surface area contributed by atoms with E-state index in [1.807, 2.05) is 6.07 Å². The Morgan fingerprint density at radius 2 is 1.79 bits per heavy atom. The molecule has 0 saturated carbocycles. The first-order chi connectivity index (χ1) is 13.3. The lowest BCUT2D eigenvalue weighted by Crippen LogP contribution is -2.30. The summed E-state index contributed by atoms with van der Waals surface area (Å²) in [6, 6.07) is 14.7. The normalized spacial score (nSPS) is 21.3. The molecule has 0 aliphatic carbocycles. The second kappa shape index (κ2) is 6.78. The summed E-state index contributed by atoms with van der Waals surface area (Å²) in [4.78, 5) is 29.8. The van der Waals surface area contributed by atoms with Crippen molar-refractivity contribution >= 4 is 23.5 Å². The van der Waals surface area contributed by atoms with E-state index in [-0.39, 0.29) is 24.8 Å². The Labute approximate surface area is 158 Å². The lowest BCUT2D eigenvalue weighted by Gasteiger charge is -2.18. The fraction of sp³-hybridized carbons (Fsp3) is 0.250. The summed E-state index contributed by atoms with van der Waals surface area (Å²) in [5, 5.41) is 0. The first kappa shape index (κ1) is 18.2. The smallest absolute Gasteiger partial charge is 0.401 e. The number of carbonyl (C=O) groups excluding carboxylic acids is 2. The topological polar surface area (TPSA) is 59.0 Å². The van der Waals surface area contributed by atoms with Gasteiger partial charge < -0.3 is 9.64 Å². The van der Waals surface area contributed by atoms with Gasteiger partial charge in [-0.3, -0.25) is 4.79 Å². The number of hydrogen-bond donors (Lipinski definition) is 0. The molecule has 0 spiro atoms. The minimum atomic E-state index is -4.80. The average molecular weight is 388 g/mol. The van der Waals surface area contributed by atoms with Crippen molar-refractivity contribution < 1.29 is 27.5 Å². The molecule has 0 saturated heterocycles. The van der Waals surface area contributed by atoms with E-state index in [0.717, 1.165) is 5.56 Å². The fourth-order valence-electron chi connectivity index (χ4n) is 3.56. The predicted molar refractivity (Wildman–Crippen MR) is 95.3 cm³/mol. The lowest BCUT2D eigenvalue weighted by molar-refractivity contribution is -0.139. The van der Waals surface area contributed by atoms with Crippen molar-refractivity contribution in [3.63, 3.8) is 0 Å². The minimum absolute atomic E-state index is 0.0357. The van der Waals surface area contributed by atoms with E-state index in [1.54, 1.807) is 53.4 Å². The van der Waals surface area contributed by atoms with Crippen molar-refractivity contribution in [2.24, 2.45) is 4.99 Å². The highest BCUT2D eigenvalue weighted by Crippen LogP contribution is 2.40. The highest BCUT2D eigenvalue weighted by atomic mass is 19.4. The van der Waals surface area contributed by atoms with Gasteiger partial charge in [0.1, 0.15) is 0 Å². The summed E-state index contributed by atoms with van der Waals surface area (Å²) in [5.74, 6) is -3.05. The van der Waals surface area contributed by atoms with Gasteiger partial charge in [-0.1, -0.05) is 36.4 Å². The molecule has 1 unspecified atom stereocenters. The van der Waals surface area contributed by atoms with Crippen molar-refractivity contribution in [1.82, 2.24) is 0 Å². The van der Waals surface area contributed by atoms with Crippen molar-refractivity contribution in [2.75, 3.05) is 11.4 Å². The first-order valence-corrected chi connectivity index (χ1v) is 8.67. The molecule has 1 amide bonds. The summed E-state index contributed by atoms with van der Waals surface area (Å²) in [5.41, 5.74) is 2.00. The molecule has 144 valence electrons. The highest BCUT2D eigenvalue weighted by molar-refractivity contribution is 6.07. The molecule has 0 N–H and O–H groups in total. The number of nitrogens with zero attached hydrogens (tertiary/aromatic N) is 2. The third-order valence-electron chi connectivity index (χ3n) is 4.83. The van der Waals surface area contributed by atoms with Crippen molar-refractivity contribution in [2.45, 2.75) is 24.6 Å². The van der Waals surface area contributed by atoms with E-state index in [1.165, 1.54) is 0 Å². The number of anilines is 1. The Hall–Kier alpha value is -3.16. The number of carbonyl (C=O) groups is 2. The number of ether oxygens (including phenoxy) is 1. The Morgan fingerprint density at radius 1 is 1.11 bits per heavy atom. The first-order valence-electron chi connectivity index (χ1n) is 8.67. The molecule has 0 radical (unpaired) electrons. The van der Waals surface area contributed by atoms with E-state index >= 15 is 0 Å². The number of hydrogen-bond acceptors (Lipinski definition) is 4. The molecular formula is C20H15F3N2O3. The maximum absolute atomic E-state index is 12.9. The zero-order valence-corrected chi connectivity index (χ0v) is 14.5. The molecule has 2 aromatic carbocycles. The summed E-state index contributed by atoms with van der Waals surface area (Å²) in [6.45, 7) is 0.258. The summed E-state index contributed by atoms with van der Waals surface area (Å²) in [6.07, 6.45) is -4.76. The van der Waals surface area contributed by atoms with Crippen LogP contribution in [0, 0.1) is 0 Å². The zero-order chi connectivity index (χ0) is 19.9. The van der Waals surface area contributed by atoms with Crippen LogP contribution in [0.25, 0.3) is 0 Å². The number of para-hydroxylation sites is 1. The summed E-state index contributed by atoms with van der Waals surface area (Å²) < 4.78 is 42.5. The van der Waals surface area contributed by atoms with Crippen LogP contribution in [0.15, 0.2) is 59.6 Å². The average Bonchev–Trinajstić information content (AvgIpc) is 3.23. The van der Waals surface area contributed by atoms with Crippen LogP contribution in [0.2, 0.25) is 0 Å². The third-order valence-corrected chi connectivity index (χ3v) is 4.83. The largest absolute Gasteiger partial charge is 0.468 e. The maximum Gasteiger partial charge on any atom is 0.468 e. The number of esters is 1. The number of alkyl halides is 3. The van der Waals surface area contributed by atoms with Gasteiger partial charge in [-0.2, -0.15) is 13.2 Å². The number of halogens is 3. The second-order valence-electron chi connectivity index (χ2n) is 6.64. The Balaban J connectivity index is 1.59. The maximum atomic E-state index is 12.9. The van der Waals surface area contributed by atoms with Gasteiger partial charge in [-0.25, -0.2) is 9.79 Å². The van der Waals surface area contributed by atoms with Crippen LogP contribution < -0.4 is 4.90 Å². The molecule has 5 nitrogen and oxygen atoms in total. The van der Waals surface area contributed by atoms with Gasteiger partial charge >= 0.3 is 18.0 Å². The molecule has 2 atom stereocenters. The summed E-state index contributed by atoms with van der Waals surface area (Å²) in [7, 11) is 0. The standard InChI is InChI=1S/C20H15F3N2O3/c21-20(22,23)19-24-15(18(27)28-19)10-13-11-25(16-9-5-4-8-14(13)16)17(26)12-6-2-1-3-7-12/h1-9,13,15H,10-11H2/t13-,15?/m0/s1. The minimum Gasteiger partial charge on any atom is -0.401 e. The molecule has 4 rings (SSSR count). The number of amides is 1. The van der Waals surface area contributed by atoms with Crippen LogP contribution in [-0.2, 0) is 9.53 Å². The van der Waals surface area contributed by atoms with Crippen LogP contribution >= 0.6 is 0 Å². The van der Waals surface area contributed by atoms with Gasteiger partial charge in [-0.05, 0) is 30.2 Å². The van der Waals surface area contributed by atoms with Crippen LogP contribution in [0.3, 0.4) is 0 Å². The Morgan fingerprint density at radius 3 is 2.46 bits per heavy atom. The SMILES string of the molecule is O=C1OC(C(F)(F)F)=NC1C[C@H]1CN(C(=O)c2ccccc2)c2ccccc21. The van der Waals surface area contributed by atoms with Gasteiger partial charge in [0.05, 0.1) is 0 Å². The molecule has 2 aromatic rings. The van der Waals surface area contributed by atoms with Crippen molar-refractivity contribution in [1.29, 1.82) is 0 Å². The van der Waals surface area contributed by atoms with Crippen LogP contribution in [0.4, 0.5) is 18.9 Å². The lowest BCUT2D eigenvalue weighted by atomic mass is 9.94. The number of aliphatic imine (C=N–C) groups is 1. The zero-order valence-electron chi connectivity index (χ0n) is 14.5. The molecular weight excluding hydrogens is 373 g/mol. The van der Waals surface area contributed by atoms with Gasteiger partial charge in [0.15, 0.2) is 6.04 Å². The molecule has 28 heavy (non-hydrogen) atoms. The molecule has 2 aliphatic heterocycles. The van der Waals surface area contributed by atoms with E-state index in [0.29, 0.717) is 11.3 Å². The van der Waals surface area contributed by atoms with E-state index < -0.39 is 24.1 Å². The van der Waals surface area contributed by atoms with Crippen LogP contribution in [-0.4, -0.2) is 36.5 Å². The molecule has 8 heteroatoms. The molecule has 0 fully saturated rings. The van der Waals surface area contributed by atoms with E-state index in [4.69, 9.17) is 0 Å². The number of fused-ring (bicyclic) bond motifs is 1. The van der Waals surface area contributed by atoms with E-state index in [2.05, 4.69) is 9.73 Å². The Kier molecular flexibility index (Phi) is 4.41. The van der Waals surface area contributed by atoms with Gasteiger partial charge in [0, 0.05) is 23.7 Å². The van der Waals surface area contributed by atoms with Crippen molar-refractivity contribution in [3.8, 4) is 0 Å². The molecule has 0 aromatic heterocycles. The number of cyclic esters (lactones) is 1. The van der Waals surface area contributed by atoms with Crippen LogP contribution in [0.1, 0.15) is 28.3 Å². The van der Waals surface area contributed by atoms with Gasteiger partial charge in [-0.15, -0.1) is 0 Å². The van der Waals surface area contributed by atoms with Crippen LogP contribution in [0.5, 0.6) is 0 Å². The quantitative estimate of drug-likeness (QED) is 0.754. The Bertz CT molecular complexity index is 957. The summed E-state index contributed by atoms with van der Waals surface area (Å²) >= 11 is 0. The second-order valence-corrected chi connectivity index (χ2v) is 6.64. The molecule has 0 bridgehead atoms. The fourth-order valence-corrected chi connectivity index (χ4v) is 3.56. The predicted octanol–water partition coefficient (Wildman–Crippen LogP) is 3.71. The van der Waals surface area contributed by atoms with Gasteiger partial charge in [0.25, 0.3) is 5.91 Å². The number of benzene rings is 2. The third kappa shape index (κ3) is 3.26. The van der Waals surface area contributed by atoms with Gasteiger partial charge in [0.2, 0.25) is 0 Å². The van der Waals surface area contributed by atoms with E-state index in [9.17, 15) is 22.8 Å². The molecule has 2 aliphatic rings. The monoisotopic (exact) mass is 388 g/mol. The molecule has 2 heterocycles. The van der Waals surface area contributed by atoms with Crippen molar-refractivity contribution in [3.05, 3.63) is 65.7 Å².